The van der Waals surface area contributed by atoms with Crippen molar-refractivity contribution in [2.75, 3.05) is 12.8 Å². The summed E-state index contributed by atoms with van der Waals surface area (Å²) in [5.41, 5.74) is 7.64. The summed E-state index contributed by atoms with van der Waals surface area (Å²) in [6, 6.07) is 7.24. The molecule has 0 unspecified atom stereocenters. The Labute approximate surface area is 118 Å². The van der Waals surface area contributed by atoms with E-state index in [1.54, 1.807) is 30.0 Å². The molecule has 0 amide bonds. The van der Waals surface area contributed by atoms with Gasteiger partial charge in [0.2, 0.25) is 0 Å². The first-order chi connectivity index (χ1) is 8.82. The predicted molar refractivity (Wildman–Crippen MR) is 78.2 cm³/mol. The Hall–Kier alpha value is -1.68. The van der Waals surface area contributed by atoms with Gasteiger partial charge < -0.3 is 10.5 Å². The van der Waals surface area contributed by atoms with Gasteiger partial charge in [0.15, 0.2) is 0 Å². The van der Waals surface area contributed by atoms with E-state index in [9.17, 15) is 0 Å². The highest BCUT2D eigenvalue weighted by atomic mass is 35.5. The highest BCUT2D eigenvalue weighted by molar-refractivity contribution is 6.30. The van der Waals surface area contributed by atoms with Crippen molar-refractivity contribution in [3.63, 3.8) is 0 Å². The van der Waals surface area contributed by atoms with E-state index in [0.717, 1.165) is 11.4 Å². The lowest BCUT2D eigenvalue weighted by atomic mass is 9.92. The third-order valence-corrected chi connectivity index (χ3v) is 3.11. The molecule has 4 nitrogen and oxygen atoms in total. The van der Waals surface area contributed by atoms with Gasteiger partial charge >= 0.3 is 0 Å². The minimum absolute atomic E-state index is 0.0643. The minimum Gasteiger partial charge on any atom is -0.494 e. The first-order valence-corrected chi connectivity index (χ1v) is 6.40. The third-order valence-electron chi connectivity index (χ3n) is 2.87. The standard InChI is InChI=1S/C14H18ClN3O/c1-14(2,3)12-8-13(16)18(17-12)10-7-9(15)5-6-11(10)19-4/h5-8H,16H2,1-4H3. The maximum atomic E-state index is 6.05. The Balaban J connectivity index is 2.59. The van der Waals surface area contributed by atoms with Gasteiger partial charge in [0.1, 0.15) is 17.3 Å². The van der Waals surface area contributed by atoms with Crippen LogP contribution in [0.5, 0.6) is 5.75 Å². The van der Waals surface area contributed by atoms with Crippen LogP contribution in [0.25, 0.3) is 5.69 Å². The van der Waals surface area contributed by atoms with Gasteiger partial charge in [-0.1, -0.05) is 32.4 Å². The van der Waals surface area contributed by atoms with Crippen LogP contribution in [0.4, 0.5) is 5.82 Å². The molecule has 0 saturated carbocycles. The van der Waals surface area contributed by atoms with E-state index in [2.05, 4.69) is 25.9 Å². The molecule has 2 N–H and O–H groups in total. The molecular formula is C14H18ClN3O. The summed E-state index contributed by atoms with van der Waals surface area (Å²) in [5, 5.41) is 5.17. The second-order valence-electron chi connectivity index (χ2n) is 5.43. The predicted octanol–water partition coefficient (Wildman–Crippen LogP) is 3.41. The summed E-state index contributed by atoms with van der Waals surface area (Å²) >= 11 is 6.04. The fraction of sp³-hybridized carbons (Fsp3) is 0.357. The molecule has 0 aliphatic carbocycles. The van der Waals surface area contributed by atoms with Crippen molar-refractivity contribution in [2.45, 2.75) is 26.2 Å². The molecule has 0 spiro atoms. The number of ether oxygens (including phenoxy) is 1. The number of nitrogen functional groups attached to an aromatic ring is 1. The van der Waals surface area contributed by atoms with Crippen LogP contribution in [-0.4, -0.2) is 16.9 Å². The van der Waals surface area contributed by atoms with Crippen molar-refractivity contribution < 1.29 is 4.74 Å². The molecule has 5 heteroatoms. The molecule has 0 aliphatic heterocycles. The molecule has 19 heavy (non-hydrogen) atoms. The summed E-state index contributed by atoms with van der Waals surface area (Å²) in [5.74, 6) is 1.24. The lowest BCUT2D eigenvalue weighted by molar-refractivity contribution is 0.411. The highest BCUT2D eigenvalue weighted by Gasteiger charge is 2.20. The molecule has 0 radical (unpaired) electrons. The number of nitrogens with two attached hydrogens (primary N) is 1. The Kier molecular flexibility index (Phi) is 3.45. The van der Waals surface area contributed by atoms with Crippen molar-refractivity contribution >= 4 is 17.4 Å². The lowest BCUT2D eigenvalue weighted by Crippen LogP contribution is -2.12. The van der Waals surface area contributed by atoms with Gasteiger partial charge in [-0.05, 0) is 18.2 Å². The van der Waals surface area contributed by atoms with Gasteiger partial charge in [0, 0.05) is 16.5 Å². The molecule has 2 rings (SSSR count). The summed E-state index contributed by atoms with van der Waals surface area (Å²) in [6.07, 6.45) is 0. The molecule has 0 aliphatic rings. The zero-order valence-electron chi connectivity index (χ0n) is 11.6. The second kappa shape index (κ2) is 4.78. The molecule has 2 aromatic rings. The summed E-state index contributed by atoms with van der Waals surface area (Å²) in [6.45, 7) is 6.27. The van der Waals surface area contributed by atoms with E-state index in [1.807, 2.05) is 6.07 Å². The highest BCUT2D eigenvalue weighted by Crippen LogP contribution is 2.30. The van der Waals surface area contributed by atoms with Gasteiger partial charge in [-0.2, -0.15) is 5.10 Å². The molecular weight excluding hydrogens is 262 g/mol. The number of aromatic nitrogens is 2. The number of rotatable bonds is 2. The number of hydrogen-bond acceptors (Lipinski definition) is 3. The topological polar surface area (TPSA) is 53.1 Å². The maximum absolute atomic E-state index is 6.05. The summed E-state index contributed by atoms with van der Waals surface area (Å²) in [4.78, 5) is 0. The Morgan fingerprint density at radius 3 is 2.47 bits per heavy atom. The normalized spacial score (nSPS) is 11.6. The lowest BCUT2D eigenvalue weighted by Gasteiger charge is -2.14. The third kappa shape index (κ3) is 2.68. The van der Waals surface area contributed by atoms with Crippen LogP contribution in [0.3, 0.4) is 0 Å². The Morgan fingerprint density at radius 1 is 1.26 bits per heavy atom. The van der Waals surface area contributed by atoms with Crippen molar-refractivity contribution in [1.82, 2.24) is 9.78 Å². The van der Waals surface area contributed by atoms with E-state index in [-0.39, 0.29) is 5.41 Å². The molecule has 1 aromatic carbocycles. The van der Waals surface area contributed by atoms with Crippen LogP contribution in [0.2, 0.25) is 5.02 Å². The number of halogens is 1. The van der Waals surface area contributed by atoms with Gasteiger partial charge in [0.25, 0.3) is 0 Å². The van der Waals surface area contributed by atoms with Crippen LogP contribution in [-0.2, 0) is 5.41 Å². The largest absolute Gasteiger partial charge is 0.494 e. The fourth-order valence-electron chi connectivity index (χ4n) is 1.78. The van der Waals surface area contributed by atoms with E-state index < -0.39 is 0 Å². The van der Waals surface area contributed by atoms with Gasteiger partial charge in [0.05, 0.1) is 12.8 Å². The summed E-state index contributed by atoms with van der Waals surface area (Å²) < 4.78 is 6.99. The second-order valence-corrected chi connectivity index (χ2v) is 5.87. The van der Waals surface area contributed by atoms with Crippen molar-refractivity contribution in [3.8, 4) is 11.4 Å². The molecule has 1 aromatic heterocycles. The maximum Gasteiger partial charge on any atom is 0.144 e. The monoisotopic (exact) mass is 279 g/mol. The Bertz CT molecular complexity index is 599. The van der Waals surface area contributed by atoms with Crippen LogP contribution in [0, 0.1) is 0 Å². The first kappa shape index (κ1) is 13.7. The smallest absolute Gasteiger partial charge is 0.144 e. The SMILES string of the molecule is COc1ccc(Cl)cc1-n1nc(C(C)(C)C)cc1N. The molecule has 0 fully saturated rings. The van der Waals surface area contributed by atoms with Crippen LogP contribution >= 0.6 is 11.6 Å². The molecule has 102 valence electrons. The molecule has 0 atom stereocenters. The van der Waals surface area contributed by atoms with Crippen molar-refractivity contribution in [2.24, 2.45) is 0 Å². The molecule has 1 heterocycles. The number of nitrogens with zero attached hydrogens (tertiary/aromatic N) is 2. The zero-order chi connectivity index (χ0) is 14.2. The molecule has 0 bridgehead atoms. The van der Waals surface area contributed by atoms with Crippen LogP contribution in [0.15, 0.2) is 24.3 Å². The van der Waals surface area contributed by atoms with Crippen molar-refractivity contribution in [1.29, 1.82) is 0 Å². The van der Waals surface area contributed by atoms with Gasteiger partial charge in [-0.25, -0.2) is 4.68 Å². The minimum atomic E-state index is -0.0643. The quantitative estimate of drug-likeness (QED) is 0.916. The van der Waals surface area contributed by atoms with Crippen LogP contribution in [0.1, 0.15) is 26.5 Å². The number of anilines is 1. The van der Waals surface area contributed by atoms with E-state index in [1.165, 1.54) is 0 Å². The van der Waals surface area contributed by atoms with E-state index in [0.29, 0.717) is 16.6 Å². The van der Waals surface area contributed by atoms with Gasteiger partial charge in [-0.15, -0.1) is 0 Å². The van der Waals surface area contributed by atoms with Gasteiger partial charge in [-0.3, -0.25) is 0 Å². The van der Waals surface area contributed by atoms with E-state index >= 15 is 0 Å². The first-order valence-electron chi connectivity index (χ1n) is 6.03. The fourth-order valence-corrected chi connectivity index (χ4v) is 1.95. The van der Waals surface area contributed by atoms with Crippen molar-refractivity contribution in [3.05, 3.63) is 35.0 Å². The number of hydrogen-bond donors (Lipinski definition) is 1. The summed E-state index contributed by atoms with van der Waals surface area (Å²) in [7, 11) is 1.61. The average molecular weight is 280 g/mol. The Morgan fingerprint density at radius 2 is 1.95 bits per heavy atom. The van der Waals surface area contributed by atoms with E-state index in [4.69, 9.17) is 22.1 Å². The van der Waals surface area contributed by atoms with Crippen LogP contribution < -0.4 is 10.5 Å². The average Bonchev–Trinajstić information content (AvgIpc) is 2.71. The number of benzene rings is 1. The molecule has 0 saturated heterocycles. The zero-order valence-corrected chi connectivity index (χ0v) is 12.3. The number of methoxy groups -OCH3 is 1.